The molecule has 1 heteroatoms. The van der Waals surface area contributed by atoms with E-state index < -0.39 is 0 Å². The van der Waals surface area contributed by atoms with Gasteiger partial charge in [-0.3, -0.25) is 0 Å². The molecule has 0 spiro atoms. The van der Waals surface area contributed by atoms with Crippen LogP contribution >= 0.6 is 0 Å². The van der Waals surface area contributed by atoms with Gasteiger partial charge in [0.2, 0.25) is 0 Å². The number of rotatable bonds is 2. The van der Waals surface area contributed by atoms with E-state index in [9.17, 15) is 0 Å². The van der Waals surface area contributed by atoms with Gasteiger partial charge in [-0.2, -0.15) is 0 Å². The van der Waals surface area contributed by atoms with E-state index in [-0.39, 0.29) is 21.7 Å². The van der Waals surface area contributed by atoms with Crippen LogP contribution in [0.25, 0.3) is 21.5 Å². The topological polar surface area (TPSA) is 0 Å². The van der Waals surface area contributed by atoms with Gasteiger partial charge in [-0.05, 0) is 11.8 Å². The number of hydrogen-bond donors (Lipinski definition) is 0. The first-order chi connectivity index (χ1) is 9.06. The maximum Gasteiger partial charge on any atom is 0 e. The Hall–Kier alpha value is -0.976. The quantitative estimate of drug-likeness (QED) is 0.404. The smallest absolute Gasteiger partial charge is 0 e. The van der Waals surface area contributed by atoms with Crippen LogP contribution in [-0.4, -0.2) is 0 Å². The fraction of sp³-hybridized carbons (Fsp3) is 0.316. The van der Waals surface area contributed by atoms with Crippen molar-refractivity contribution in [2.75, 3.05) is 0 Å². The van der Waals surface area contributed by atoms with Gasteiger partial charge in [0.05, 0.1) is 0 Å². The minimum Gasteiger partial charge on any atom is -0.126 e. The summed E-state index contributed by atoms with van der Waals surface area (Å²) < 4.78 is 0. The molecule has 0 amide bonds. The van der Waals surface area contributed by atoms with Crippen molar-refractivity contribution in [1.29, 1.82) is 0 Å². The molecule has 0 fully saturated rings. The predicted octanol–water partition coefficient (Wildman–Crippen LogP) is 5.96. The summed E-state index contributed by atoms with van der Waals surface area (Å²) >= 11 is 0. The molecule has 0 radical (unpaired) electrons. The van der Waals surface area contributed by atoms with Crippen LogP contribution in [0.1, 0.15) is 50.7 Å². The minimum absolute atomic E-state index is 0. The second-order valence-corrected chi connectivity index (χ2v) is 6.15. The molecular weight excluding hydrogens is 276 g/mol. The van der Waals surface area contributed by atoms with E-state index in [2.05, 4.69) is 70.2 Å². The van der Waals surface area contributed by atoms with Crippen LogP contribution in [0, 0.1) is 0 Å². The van der Waals surface area contributed by atoms with Crippen molar-refractivity contribution in [2.45, 2.75) is 39.5 Å². The van der Waals surface area contributed by atoms with Gasteiger partial charge in [0.15, 0.2) is 0 Å². The van der Waals surface area contributed by atoms with Gasteiger partial charge in [-0.1, -0.05) is 63.1 Å². The zero-order valence-electron chi connectivity index (χ0n) is 12.7. The van der Waals surface area contributed by atoms with Crippen molar-refractivity contribution in [1.82, 2.24) is 0 Å². The molecule has 3 aromatic carbocycles. The fourth-order valence-corrected chi connectivity index (χ4v) is 2.75. The predicted molar refractivity (Wildman–Crippen MR) is 85.2 cm³/mol. The van der Waals surface area contributed by atoms with E-state index in [4.69, 9.17) is 0 Å². The van der Waals surface area contributed by atoms with Gasteiger partial charge in [0, 0.05) is 21.7 Å². The standard InChI is InChI=1S/C19H21.Ti/c1-12(2)14-5-7-16-9-17-8-6-15(13(3)4)11-19(17)18(16)10-14;/h5-13H,1-4H3;/q-1;. The van der Waals surface area contributed by atoms with Crippen LogP contribution in [0.4, 0.5) is 0 Å². The van der Waals surface area contributed by atoms with Crippen molar-refractivity contribution in [3.05, 3.63) is 53.6 Å². The Bertz CT molecular complexity index is 670. The average Bonchev–Trinajstić information content (AvgIpc) is 2.75. The number of fused-ring (bicyclic) bond motifs is 3. The Labute approximate surface area is 136 Å². The molecule has 0 nitrogen and oxygen atoms in total. The van der Waals surface area contributed by atoms with Crippen LogP contribution in [-0.2, 0) is 21.7 Å². The summed E-state index contributed by atoms with van der Waals surface area (Å²) in [5.74, 6) is 1.17. The Morgan fingerprint density at radius 2 is 1.10 bits per heavy atom. The molecule has 20 heavy (non-hydrogen) atoms. The van der Waals surface area contributed by atoms with E-state index in [0.717, 1.165) is 0 Å². The third-order valence-corrected chi connectivity index (χ3v) is 4.09. The van der Waals surface area contributed by atoms with E-state index in [1.54, 1.807) is 0 Å². The average molecular weight is 297 g/mol. The van der Waals surface area contributed by atoms with Crippen LogP contribution in [0.3, 0.4) is 0 Å². The van der Waals surface area contributed by atoms with E-state index in [0.29, 0.717) is 11.8 Å². The molecule has 0 saturated carbocycles. The van der Waals surface area contributed by atoms with Crippen LogP contribution < -0.4 is 0 Å². The molecule has 0 saturated heterocycles. The van der Waals surface area contributed by atoms with E-state index in [1.165, 1.54) is 32.7 Å². The Balaban J connectivity index is 0.00000147. The molecule has 0 atom stereocenters. The number of hydrogen-bond acceptors (Lipinski definition) is 0. The molecule has 3 aromatic rings. The van der Waals surface area contributed by atoms with E-state index in [1.807, 2.05) is 0 Å². The molecular formula is C19H21Ti-. The summed E-state index contributed by atoms with van der Waals surface area (Å²) in [5.41, 5.74) is 2.85. The largest absolute Gasteiger partial charge is 0.126 e. The Morgan fingerprint density at radius 1 is 0.700 bits per heavy atom. The van der Waals surface area contributed by atoms with Crippen molar-refractivity contribution in [3.63, 3.8) is 0 Å². The van der Waals surface area contributed by atoms with Gasteiger partial charge in [-0.25, -0.2) is 0 Å². The Morgan fingerprint density at radius 3 is 1.45 bits per heavy atom. The Kier molecular flexibility index (Phi) is 4.47. The van der Waals surface area contributed by atoms with Gasteiger partial charge >= 0.3 is 0 Å². The van der Waals surface area contributed by atoms with Crippen LogP contribution in [0.5, 0.6) is 0 Å². The molecule has 0 N–H and O–H groups in total. The second-order valence-electron chi connectivity index (χ2n) is 6.15. The maximum atomic E-state index is 2.37. The minimum atomic E-state index is 0. The maximum absolute atomic E-state index is 2.37. The molecule has 102 valence electrons. The molecule has 0 aromatic heterocycles. The molecule has 3 rings (SSSR count). The monoisotopic (exact) mass is 297 g/mol. The normalized spacial score (nSPS) is 11.5. The van der Waals surface area contributed by atoms with Gasteiger partial charge in [-0.15, -0.1) is 39.7 Å². The van der Waals surface area contributed by atoms with Crippen LogP contribution in [0.2, 0.25) is 0 Å². The summed E-state index contributed by atoms with van der Waals surface area (Å²) in [7, 11) is 0. The fourth-order valence-electron chi connectivity index (χ4n) is 2.75. The molecule has 0 aliphatic rings. The summed E-state index contributed by atoms with van der Waals surface area (Å²) in [6.45, 7) is 9.02. The summed E-state index contributed by atoms with van der Waals surface area (Å²) in [6, 6.07) is 16.1. The van der Waals surface area contributed by atoms with Crippen molar-refractivity contribution >= 4 is 21.5 Å². The van der Waals surface area contributed by atoms with Gasteiger partial charge in [0.25, 0.3) is 0 Å². The molecule has 0 aliphatic heterocycles. The SMILES string of the molecule is CC(C)c1ccc2[cH-]c3ccc(C(C)C)cc3c2c1.[Ti]. The molecule has 0 bridgehead atoms. The van der Waals surface area contributed by atoms with Crippen molar-refractivity contribution < 1.29 is 21.7 Å². The van der Waals surface area contributed by atoms with Gasteiger partial charge in [0.1, 0.15) is 0 Å². The summed E-state index contributed by atoms with van der Waals surface area (Å²) in [4.78, 5) is 0. The number of benzene rings is 2. The second kappa shape index (κ2) is 5.79. The summed E-state index contributed by atoms with van der Waals surface area (Å²) in [6.07, 6.45) is 0. The first-order valence-electron chi connectivity index (χ1n) is 7.19. The van der Waals surface area contributed by atoms with E-state index >= 15 is 0 Å². The first-order valence-corrected chi connectivity index (χ1v) is 7.19. The van der Waals surface area contributed by atoms with Crippen LogP contribution in [0.15, 0.2) is 42.5 Å². The molecule has 0 heterocycles. The zero-order valence-corrected chi connectivity index (χ0v) is 14.3. The third kappa shape index (κ3) is 2.60. The molecule has 0 aliphatic carbocycles. The zero-order chi connectivity index (χ0) is 13.6. The van der Waals surface area contributed by atoms with Crippen molar-refractivity contribution in [3.8, 4) is 0 Å². The third-order valence-electron chi connectivity index (χ3n) is 4.09. The first kappa shape index (κ1) is 15.4. The molecule has 0 unspecified atom stereocenters. The van der Waals surface area contributed by atoms with Crippen molar-refractivity contribution in [2.24, 2.45) is 0 Å². The summed E-state index contributed by atoms with van der Waals surface area (Å²) in [5, 5.41) is 5.54. The van der Waals surface area contributed by atoms with Gasteiger partial charge < -0.3 is 0 Å².